The molecule has 3 aromatic rings. The van der Waals surface area contributed by atoms with Gasteiger partial charge in [-0.15, -0.1) is 11.3 Å². The molecule has 9 heteroatoms. The van der Waals surface area contributed by atoms with Crippen molar-refractivity contribution in [3.05, 3.63) is 63.4 Å². The maximum absolute atomic E-state index is 13.9. The summed E-state index contributed by atoms with van der Waals surface area (Å²) in [5, 5.41) is 6.10. The van der Waals surface area contributed by atoms with Gasteiger partial charge < -0.3 is 15.0 Å². The number of rotatable bonds is 5. The number of para-hydroxylation sites is 1. The number of anilines is 1. The first-order chi connectivity index (χ1) is 17.4. The van der Waals surface area contributed by atoms with E-state index >= 15 is 0 Å². The van der Waals surface area contributed by atoms with Crippen LogP contribution in [0.3, 0.4) is 0 Å². The third-order valence-electron chi connectivity index (χ3n) is 6.45. The molecule has 0 aliphatic carbocycles. The Morgan fingerprint density at radius 3 is 2.70 bits per heavy atom. The minimum absolute atomic E-state index is 0.167. The summed E-state index contributed by atoms with van der Waals surface area (Å²) < 4.78 is 7.53. The minimum atomic E-state index is -0.806. The lowest BCUT2D eigenvalue weighted by molar-refractivity contribution is -0.130. The van der Waals surface area contributed by atoms with Gasteiger partial charge in [-0.3, -0.25) is 14.5 Å². The summed E-state index contributed by atoms with van der Waals surface area (Å²) in [7, 11) is 1.52. The normalized spacial score (nSPS) is 16.6. The molecule has 0 saturated carbocycles. The molecular weight excluding hydrogens is 554 g/mol. The van der Waals surface area contributed by atoms with Crippen molar-refractivity contribution in [2.75, 3.05) is 11.9 Å². The molecule has 2 atom stereocenters. The molecule has 0 radical (unpaired) electrons. The predicted octanol–water partition coefficient (Wildman–Crippen LogP) is 5.88. The first-order valence-corrected chi connectivity index (χ1v) is 13.9. The average Bonchev–Trinajstić information content (AvgIpc) is 3.18. The Morgan fingerprint density at radius 2 is 1.97 bits per heavy atom. The molecule has 2 heterocycles. The van der Waals surface area contributed by atoms with Crippen LogP contribution in [0.2, 0.25) is 0 Å². The number of hydrogen-bond donors (Lipinski definition) is 1. The number of nitrogens with one attached hydrogen (secondary N) is 1. The highest BCUT2D eigenvalue weighted by Gasteiger charge is 2.34. The molecule has 1 aliphatic heterocycles. The third kappa shape index (κ3) is 6.15. The van der Waals surface area contributed by atoms with Crippen LogP contribution in [0.25, 0.3) is 10.1 Å². The molecule has 0 unspecified atom stereocenters. The van der Waals surface area contributed by atoms with E-state index in [1.165, 1.54) is 11.9 Å². The largest absolute Gasteiger partial charge is 0.444 e. The molecule has 0 bridgehead atoms. The van der Waals surface area contributed by atoms with E-state index in [0.717, 1.165) is 31.4 Å². The van der Waals surface area contributed by atoms with Crippen molar-refractivity contribution in [3.63, 3.8) is 0 Å². The first kappa shape index (κ1) is 27.1. The van der Waals surface area contributed by atoms with Crippen molar-refractivity contribution in [2.45, 2.75) is 64.8 Å². The SMILES string of the molecule is C[C@@H](C(=O)N[C@H]1CCc2ccccc2N(Cc2csc3ccc(Br)cc23)C1=O)N(C)C(=O)OC(C)(C)C. The number of benzene rings is 2. The van der Waals surface area contributed by atoms with Gasteiger partial charge in [-0.2, -0.15) is 0 Å². The average molecular weight is 587 g/mol. The molecule has 1 N–H and O–H groups in total. The second-order valence-corrected chi connectivity index (χ2v) is 12.1. The predicted molar refractivity (Wildman–Crippen MR) is 151 cm³/mol. The van der Waals surface area contributed by atoms with Crippen LogP contribution in [0.15, 0.2) is 52.3 Å². The minimum Gasteiger partial charge on any atom is -0.444 e. The zero-order chi connectivity index (χ0) is 26.9. The molecule has 7 nitrogen and oxygen atoms in total. The van der Waals surface area contributed by atoms with Gasteiger partial charge in [0, 0.05) is 21.9 Å². The maximum atomic E-state index is 13.9. The van der Waals surface area contributed by atoms with Gasteiger partial charge in [0.25, 0.3) is 0 Å². The lowest BCUT2D eigenvalue weighted by Gasteiger charge is -2.30. The van der Waals surface area contributed by atoms with Crippen LogP contribution in [0, 0.1) is 0 Å². The van der Waals surface area contributed by atoms with Crippen LogP contribution < -0.4 is 10.2 Å². The van der Waals surface area contributed by atoms with Gasteiger partial charge in [-0.25, -0.2) is 4.79 Å². The first-order valence-electron chi connectivity index (χ1n) is 12.3. The molecule has 196 valence electrons. The highest BCUT2D eigenvalue weighted by Crippen LogP contribution is 2.33. The van der Waals surface area contributed by atoms with E-state index < -0.39 is 29.7 Å². The fraction of sp³-hybridized carbons (Fsp3) is 0.393. The van der Waals surface area contributed by atoms with E-state index in [1.54, 1.807) is 43.9 Å². The van der Waals surface area contributed by atoms with E-state index in [0.29, 0.717) is 19.4 Å². The van der Waals surface area contributed by atoms with E-state index in [-0.39, 0.29) is 5.91 Å². The van der Waals surface area contributed by atoms with Crippen molar-refractivity contribution >= 4 is 60.9 Å². The number of carbonyl (C=O) groups excluding carboxylic acids is 3. The van der Waals surface area contributed by atoms with Gasteiger partial charge >= 0.3 is 6.09 Å². The molecule has 2 aromatic carbocycles. The second kappa shape index (κ2) is 10.8. The number of fused-ring (bicyclic) bond motifs is 2. The van der Waals surface area contributed by atoms with Gasteiger partial charge in [-0.05, 0) is 86.7 Å². The number of carbonyl (C=O) groups is 3. The monoisotopic (exact) mass is 585 g/mol. The van der Waals surface area contributed by atoms with E-state index in [1.807, 2.05) is 30.3 Å². The van der Waals surface area contributed by atoms with Gasteiger partial charge in [0.15, 0.2) is 0 Å². The number of hydrogen-bond acceptors (Lipinski definition) is 5. The maximum Gasteiger partial charge on any atom is 0.410 e. The number of halogens is 1. The Hall–Kier alpha value is -2.91. The summed E-state index contributed by atoms with van der Waals surface area (Å²) in [4.78, 5) is 42.5. The fourth-order valence-corrected chi connectivity index (χ4v) is 5.62. The van der Waals surface area contributed by atoms with Crippen LogP contribution in [-0.2, 0) is 27.3 Å². The fourth-order valence-electron chi connectivity index (χ4n) is 4.32. The van der Waals surface area contributed by atoms with Gasteiger partial charge in [0.05, 0.1) is 6.54 Å². The highest BCUT2D eigenvalue weighted by atomic mass is 79.9. The molecule has 0 spiro atoms. The summed E-state index contributed by atoms with van der Waals surface area (Å²) in [5.74, 6) is -0.567. The topological polar surface area (TPSA) is 79.0 Å². The summed E-state index contributed by atoms with van der Waals surface area (Å²) in [6.07, 6.45) is 0.527. The van der Waals surface area contributed by atoms with E-state index in [9.17, 15) is 14.4 Å². The van der Waals surface area contributed by atoms with Crippen molar-refractivity contribution in [1.82, 2.24) is 10.2 Å². The number of ether oxygens (including phenoxy) is 1. The number of thiophene rings is 1. The Balaban J connectivity index is 1.57. The summed E-state index contributed by atoms with van der Waals surface area (Å²) >= 11 is 5.20. The van der Waals surface area contributed by atoms with Crippen LogP contribution >= 0.6 is 27.3 Å². The Morgan fingerprint density at radius 1 is 1.24 bits per heavy atom. The Kier molecular flexibility index (Phi) is 7.94. The van der Waals surface area contributed by atoms with Crippen molar-refractivity contribution in [2.24, 2.45) is 0 Å². The lowest BCUT2D eigenvalue weighted by atomic mass is 10.1. The van der Waals surface area contributed by atoms with Crippen LogP contribution in [0.1, 0.15) is 45.2 Å². The van der Waals surface area contributed by atoms with Gasteiger partial charge in [0.1, 0.15) is 17.7 Å². The lowest BCUT2D eigenvalue weighted by Crippen LogP contribution is -2.54. The van der Waals surface area contributed by atoms with Crippen molar-refractivity contribution in [3.8, 4) is 0 Å². The number of aryl methyl sites for hydroxylation is 1. The van der Waals surface area contributed by atoms with Gasteiger partial charge in [-0.1, -0.05) is 34.1 Å². The molecule has 37 heavy (non-hydrogen) atoms. The molecular formula is C28H32BrN3O4S. The second-order valence-electron chi connectivity index (χ2n) is 10.3. The molecule has 0 saturated heterocycles. The summed E-state index contributed by atoms with van der Waals surface area (Å²) in [5.41, 5.74) is 2.30. The van der Waals surface area contributed by atoms with Gasteiger partial charge in [0.2, 0.25) is 11.8 Å². The zero-order valence-electron chi connectivity index (χ0n) is 21.7. The van der Waals surface area contributed by atoms with E-state index in [4.69, 9.17) is 4.74 Å². The highest BCUT2D eigenvalue weighted by molar-refractivity contribution is 9.10. The molecule has 3 amide bonds. The third-order valence-corrected chi connectivity index (χ3v) is 7.96. The smallest absolute Gasteiger partial charge is 0.410 e. The van der Waals surface area contributed by atoms with E-state index in [2.05, 4.69) is 38.8 Å². The molecule has 4 rings (SSSR count). The Labute approximate surface area is 229 Å². The van der Waals surface area contributed by atoms with Crippen LogP contribution in [0.5, 0.6) is 0 Å². The quantitative estimate of drug-likeness (QED) is 0.405. The van der Waals surface area contributed by atoms with Crippen molar-refractivity contribution in [1.29, 1.82) is 0 Å². The van der Waals surface area contributed by atoms with Crippen LogP contribution in [0.4, 0.5) is 10.5 Å². The number of amides is 3. The summed E-state index contributed by atoms with van der Waals surface area (Å²) in [6, 6.07) is 12.5. The molecule has 1 aliphatic rings. The molecule has 1 aromatic heterocycles. The standard InChI is InChI=1S/C28H32BrN3O4S/c1-17(31(5)27(35)36-28(2,3)4)25(33)30-22-12-10-18-8-6-7-9-23(18)32(26(22)34)15-19-16-37-24-13-11-20(29)14-21(19)24/h6-9,11,13-14,16-17,22H,10,12,15H2,1-5H3,(H,30,33)/t17-,22-/m0/s1. The summed E-state index contributed by atoms with van der Waals surface area (Å²) in [6.45, 7) is 7.34. The van der Waals surface area contributed by atoms with Crippen molar-refractivity contribution < 1.29 is 19.1 Å². The van der Waals surface area contributed by atoms with Crippen LogP contribution in [-0.4, -0.2) is 47.5 Å². The zero-order valence-corrected chi connectivity index (χ0v) is 24.1. The molecule has 0 fully saturated rings. The number of nitrogens with zero attached hydrogens (tertiary/aromatic N) is 2. The Bertz CT molecular complexity index is 1330. The number of likely N-dealkylation sites (N-methyl/N-ethyl adjacent to an activating group) is 1.